The number of ether oxygens (including phenoxy) is 2. The van der Waals surface area contributed by atoms with Crippen LogP contribution in [-0.2, 0) is 14.3 Å². The zero-order valence-corrected chi connectivity index (χ0v) is 19.3. The van der Waals surface area contributed by atoms with Gasteiger partial charge in [0.15, 0.2) is 0 Å². The highest BCUT2D eigenvalue weighted by molar-refractivity contribution is 6.35. The van der Waals surface area contributed by atoms with Crippen molar-refractivity contribution >= 4 is 40.8 Å². The molecule has 4 rings (SSSR count). The first-order chi connectivity index (χ1) is 15.4. The molecule has 1 aromatic rings. The number of fused-ring (bicyclic) bond motifs is 1. The summed E-state index contributed by atoms with van der Waals surface area (Å²) in [7, 11) is 0. The highest BCUT2D eigenvalue weighted by Crippen LogP contribution is 2.30. The highest BCUT2D eigenvalue weighted by atomic mass is 35.5. The average molecular weight is 486 g/mol. The van der Waals surface area contributed by atoms with Crippen molar-refractivity contribution in [3.63, 3.8) is 0 Å². The molecule has 1 aromatic carbocycles. The maximum absolute atomic E-state index is 13.1. The molecule has 1 aliphatic carbocycles. The quantitative estimate of drug-likeness (QED) is 0.594. The van der Waals surface area contributed by atoms with E-state index in [1.54, 1.807) is 23.1 Å². The Morgan fingerprint density at radius 2 is 1.84 bits per heavy atom. The predicted octanol–water partition coefficient (Wildman–Crippen LogP) is 3.05. The normalized spacial score (nSPS) is 28.3. The molecule has 3 aliphatic rings. The lowest BCUT2D eigenvalue weighted by Gasteiger charge is -2.44. The van der Waals surface area contributed by atoms with Crippen LogP contribution in [0.1, 0.15) is 32.1 Å². The van der Waals surface area contributed by atoms with Crippen LogP contribution in [0.5, 0.6) is 0 Å². The molecule has 3 fully saturated rings. The highest BCUT2D eigenvalue weighted by Gasteiger charge is 2.40. The van der Waals surface area contributed by atoms with E-state index in [4.69, 9.17) is 32.7 Å². The molecular formula is C22H29Cl2N3O5. The van der Waals surface area contributed by atoms with Crippen molar-refractivity contribution in [1.82, 2.24) is 10.2 Å². The minimum absolute atomic E-state index is 0.00466. The van der Waals surface area contributed by atoms with Crippen LogP contribution in [0.25, 0.3) is 0 Å². The first-order valence-electron chi connectivity index (χ1n) is 11.1. The van der Waals surface area contributed by atoms with E-state index in [1.165, 1.54) is 12.8 Å². The topological polar surface area (TPSA) is 100 Å². The molecule has 0 aromatic heterocycles. The minimum Gasteiger partial charge on any atom is -0.389 e. The third kappa shape index (κ3) is 6.48. The molecule has 0 unspecified atom stereocenters. The number of anilines is 1. The maximum atomic E-state index is 13.1. The van der Waals surface area contributed by atoms with Crippen LogP contribution in [0.2, 0.25) is 10.0 Å². The number of β-amino-alcohol motifs (C(OH)–C–C–N with tert-alkyl or cyclic N) is 1. The van der Waals surface area contributed by atoms with Gasteiger partial charge in [0.25, 0.3) is 0 Å². The summed E-state index contributed by atoms with van der Waals surface area (Å²) in [5.74, 6) is 0.623. The third-order valence-electron chi connectivity index (χ3n) is 6.05. The summed E-state index contributed by atoms with van der Waals surface area (Å²) < 4.78 is 11.8. The number of halogens is 2. The summed E-state index contributed by atoms with van der Waals surface area (Å²) >= 11 is 12.1. The van der Waals surface area contributed by atoms with E-state index in [1.807, 2.05) is 0 Å². The first kappa shape index (κ1) is 23.6. The largest absolute Gasteiger partial charge is 0.389 e. The Bertz CT molecular complexity index is 818. The van der Waals surface area contributed by atoms with Crippen LogP contribution in [0.3, 0.4) is 0 Å². The van der Waals surface area contributed by atoms with Gasteiger partial charge in [-0.15, -0.1) is 0 Å². The van der Waals surface area contributed by atoms with E-state index >= 15 is 0 Å². The Balaban J connectivity index is 1.40. The van der Waals surface area contributed by atoms with Crippen LogP contribution in [0.15, 0.2) is 18.2 Å². The van der Waals surface area contributed by atoms with Gasteiger partial charge in [-0.25, -0.2) is 4.79 Å². The fraction of sp³-hybridized carbons (Fsp3) is 0.636. The Morgan fingerprint density at radius 3 is 2.56 bits per heavy atom. The van der Waals surface area contributed by atoms with Gasteiger partial charge in [-0.05, 0) is 49.8 Å². The Morgan fingerprint density at radius 1 is 1.09 bits per heavy atom. The molecule has 3 amide bonds. The monoisotopic (exact) mass is 485 g/mol. The molecule has 3 N–H and O–H groups in total. The van der Waals surface area contributed by atoms with Gasteiger partial charge in [0.2, 0.25) is 5.91 Å². The van der Waals surface area contributed by atoms with Crippen molar-refractivity contribution in [3.8, 4) is 0 Å². The van der Waals surface area contributed by atoms with Gasteiger partial charge in [-0.1, -0.05) is 23.2 Å². The summed E-state index contributed by atoms with van der Waals surface area (Å²) in [4.78, 5) is 27.0. The predicted molar refractivity (Wildman–Crippen MR) is 121 cm³/mol. The number of carbonyl (C=O) groups excluding carboxylic acids is 2. The lowest BCUT2D eigenvalue weighted by molar-refractivity contribution is -0.149. The first-order valence-corrected chi connectivity index (χ1v) is 11.8. The van der Waals surface area contributed by atoms with Crippen molar-refractivity contribution in [2.24, 2.45) is 5.92 Å². The smallest absolute Gasteiger partial charge is 0.322 e. The number of hydrogen-bond donors (Lipinski definition) is 3. The number of aliphatic hydroxyl groups excluding tert-OH is 1. The third-order valence-corrected chi connectivity index (χ3v) is 6.49. The van der Waals surface area contributed by atoms with Gasteiger partial charge in [0.1, 0.15) is 6.10 Å². The molecule has 0 radical (unpaired) electrons. The van der Waals surface area contributed by atoms with E-state index in [-0.39, 0.29) is 49.9 Å². The number of carbonyl (C=O) groups is 2. The van der Waals surface area contributed by atoms with Crippen LogP contribution in [-0.4, -0.2) is 72.6 Å². The number of benzene rings is 1. The lowest BCUT2D eigenvalue weighted by atomic mass is 9.95. The molecule has 2 aliphatic heterocycles. The van der Waals surface area contributed by atoms with Crippen molar-refractivity contribution in [3.05, 3.63) is 28.2 Å². The van der Waals surface area contributed by atoms with Gasteiger partial charge in [-0.2, -0.15) is 0 Å². The fourth-order valence-corrected chi connectivity index (χ4v) is 4.78. The molecule has 176 valence electrons. The number of hydrogen-bond acceptors (Lipinski definition) is 5. The molecule has 2 heterocycles. The summed E-state index contributed by atoms with van der Waals surface area (Å²) in [6.07, 6.45) is 2.54. The summed E-state index contributed by atoms with van der Waals surface area (Å²) in [5.41, 5.74) is 0.471. The number of amides is 3. The molecule has 8 nitrogen and oxygen atoms in total. The average Bonchev–Trinajstić information content (AvgIpc) is 3.53. The van der Waals surface area contributed by atoms with E-state index in [0.29, 0.717) is 40.9 Å². The van der Waals surface area contributed by atoms with Crippen LogP contribution in [0.4, 0.5) is 10.5 Å². The molecule has 2 saturated heterocycles. The maximum Gasteiger partial charge on any atom is 0.322 e. The zero-order chi connectivity index (χ0) is 22.7. The van der Waals surface area contributed by atoms with Crippen molar-refractivity contribution in [2.75, 3.05) is 31.6 Å². The SMILES string of the molecule is O=C(C[C@H]1CC[C@@H]2[C@H](COC[C@@H](O)CN2C(=O)Nc2cc(Cl)cc(Cl)c2)O1)NCC1CC1. The van der Waals surface area contributed by atoms with Crippen LogP contribution in [0, 0.1) is 5.92 Å². The summed E-state index contributed by atoms with van der Waals surface area (Å²) in [5, 5.41) is 16.9. The Labute approximate surface area is 197 Å². The Hall–Kier alpha value is -1.58. The van der Waals surface area contributed by atoms with Crippen LogP contribution >= 0.6 is 23.2 Å². The molecule has 1 saturated carbocycles. The standard InChI is InChI=1S/C22H29Cl2N3O5/c23-14-5-15(24)7-16(6-14)26-22(30)27-10-17(28)11-31-12-20-19(27)4-3-18(32-20)8-21(29)25-9-13-1-2-13/h5-7,13,17-20,28H,1-4,8-12H2,(H,25,29)(H,26,30)/t17-,18+,19+,20-/m0/s1. The Kier molecular flexibility index (Phi) is 7.78. The van der Waals surface area contributed by atoms with Gasteiger partial charge in [0.05, 0.1) is 44.4 Å². The van der Waals surface area contributed by atoms with Gasteiger partial charge in [0, 0.05) is 22.3 Å². The van der Waals surface area contributed by atoms with Crippen molar-refractivity contribution < 1.29 is 24.2 Å². The zero-order valence-electron chi connectivity index (χ0n) is 17.8. The number of nitrogens with one attached hydrogen (secondary N) is 2. The molecule has 0 spiro atoms. The second kappa shape index (κ2) is 10.6. The summed E-state index contributed by atoms with van der Waals surface area (Å²) in [6.45, 7) is 1.19. The lowest BCUT2D eigenvalue weighted by Crippen LogP contribution is -2.58. The van der Waals surface area contributed by atoms with Crippen molar-refractivity contribution in [2.45, 2.75) is 56.5 Å². The van der Waals surface area contributed by atoms with E-state index in [9.17, 15) is 14.7 Å². The van der Waals surface area contributed by atoms with Crippen molar-refractivity contribution in [1.29, 1.82) is 0 Å². The minimum atomic E-state index is -0.810. The second-order valence-electron chi connectivity index (χ2n) is 8.82. The molecule has 0 bridgehead atoms. The molecular weight excluding hydrogens is 457 g/mol. The van der Waals surface area contributed by atoms with Gasteiger partial charge < -0.3 is 30.1 Å². The van der Waals surface area contributed by atoms with Gasteiger partial charge >= 0.3 is 6.03 Å². The number of rotatable bonds is 5. The number of aliphatic hydroxyl groups is 1. The van der Waals surface area contributed by atoms with E-state index in [2.05, 4.69) is 10.6 Å². The van der Waals surface area contributed by atoms with Crippen LogP contribution < -0.4 is 10.6 Å². The second-order valence-corrected chi connectivity index (χ2v) is 9.70. The molecule has 4 atom stereocenters. The molecule has 10 heteroatoms. The number of nitrogens with zero attached hydrogens (tertiary/aromatic N) is 1. The van der Waals surface area contributed by atoms with E-state index in [0.717, 1.165) is 6.54 Å². The fourth-order valence-electron chi connectivity index (χ4n) is 4.25. The molecule has 32 heavy (non-hydrogen) atoms. The number of urea groups is 1. The summed E-state index contributed by atoms with van der Waals surface area (Å²) in [6, 6.07) is 4.15. The van der Waals surface area contributed by atoms with E-state index < -0.39 is 6.10 Å². The van der Waals surface area contributed by atoms with Gasteiger partial charge in [-0.3, -0.25) is 4.79 Å².